The molecular weight excluding hydrogens is 296 g/mol. The van der Waals surface area contributed by atoms with E-state index in [2.05, 4.69) is 5.32 Å². The molecule has 21 heavy (non-hydrogen) atoms. The zero-order valence-corrected chi connectivity index (χ0v) is 13.3. The molecule has 0 aliphatic carbocycles. The lowest BCUT2D eigenvalue weighted by atomic mass is 9.94. The Hall–Kier alpha value is -1.14. The van der Waals surface area contributed by atoms with Crippen molar-refractivity contribution in [3.8, 4) is 0 Å². The highest BCUT2D eigenvalue weighted by atomic mass is 32.2. The quantitative estimate of drug-likeness (QED) is 0.760. The van der Waals surface area contributed by atoms with Gasteiger partial charge in [-0.1, -0.05) is 13.8 Å². The molecule has 0 heterocycles. The molecule has 0 fully saturated rings. The third-order valence-corrected chi connectivity index (χ3v) is 3.77. The molecule has 0 aromatic heterocycles. The van der Waals surface area contributed by atoms with E-state index in [0.29, 0.717) is 17.2 Å². The maximum absolute atomic E-state index is 13.0. The molecule has 1 aromatic rings. The van der Waals surface area contributed by atoms with Gasteiger partial charge in [-0.05, 0) is 37.5 Å². The van der Waals surface area contributed by atoms with Crippen LogP contribution >= 0.6 is 11.8 Å². The van der Waals surface area contributed by atoms with Gasteiger partial charge in [-0.3, -0.25) is 4.79 Å². The highest BCUT2D eigenvalue weighted by Crippen LogP contribution is 2.20. The van der Waals surface area contributed by atoms with Gasteiger partial charge in [-0.15, -0.1) is 11.8 Å². The molecule has 0 spiro atoms. The second-order valence-corrected chi connectivity index (χ2v) is 6.78. The number of halogens is 2. The molecule has 2 N–H and O–H groups in total. The fourth-order valence-electron chi connectivity index (χ4n) is 2.01. The smallest absolute Gasteiger partial charge is 0.230 e. The summed E-state index contributed by atoms with van der Waals surface area (Å²) in [6, 6.07) is 3.51. The Balaban J connectivity index is 2.39. The number of hydrogen-bond acceptors (Lipinski definition) is 3. The first kappa shape index (κ1) is 17.9. The fourth-order valence-corrected chi connectivity index (χ4v) is 2.76. The summed E-state index contributed by atoms with van der Waals surface area (Å²) in [5.41, 5.74) is -0.948. The van der Waals surface area contributed by atoms with Crippen LogP contribution in [0, 0.1) is 17.6 Å². The number of thioether (sulfide) groups is 1. The van der Waals surface area contributed by atoms with Crippen LogP contribution < -0.4 is 5.32 Å². The topological polar surface area (TPSA) is 49.3 Å². The van der Waals surface area contributed by atoms with Gasteiger partial charge in [0.2, 0.25) is 5.91 Å². The number of hydrogen-bond donors (Lipinski definition) is 2. The van der Waals surface area contributed by atoms with E-state index in [1.807, 2.05) is 13.8 Å². The van der Waals surface area contributed by atoms with Crippen LogP contribution in [-0.4, -0.2) is 28.9 Å². The van der Waals surface area contributed by atoms with E-state index >= 15 is 0 Å². The number of rotatable bonds is 7. The van der Waals surface area contributed by atoms with Crippen molar-refractivity contribution >= 4 is 17.7 Å². The summed E-state index contributed by atoms with van der Waals surface area (Å²) >= 11 is 1.12. The molecule has 6 heteroatoms. The normalized spacial score (nSPS) is 14.0. The third-order valence-electron chi connectivity index (χ3n) is 2.78. The Kier molecular flexibility index (Phi) is 6.61. The molecule has 0 bridgehead atoms. The SMILES string of the molecule is CC(C)CC(C)(O)CNC(=O)CSc1ccc(F)c(F)c1. The van der Waals surface area contributed by atoms with E-state index in [0.717, 1.165) is 23.9 Å². The summed E-state index contributed by atoms with van der Waals surface area (Å²) in [7, 11) is 0. The van der Waals surface area contributed by atoms with Crippen LogP contribution in [0.1, 0.15) is 27.2 Å². The highest BCUT2D eigenvalue weighted by molar-refractivity contribution is 8.00. The summed E-state index contributed by atoms with van der Waals surface area (Å²) < 4.78 is 25.8. The average molecular weight is 317 g/mol. The number of benzene rings is 1. The molecule has 0 saturated heterocycles. The van der Waals surface area contributed by atoms with Crippen molar-refractivity contribution in [1.82, 2.24) is 5.32 Å². The first-order valence-electron chi connectivity index (χ1n) is 6.76. The third kappa shape index (κ3) is 6.91. The zero-order chi connectivity index (χ0) is 16.0. The maximum atomic E-state index is 13.0. The summed E-state index contributed by atoms with van der Waals surface area (Å²) in [5, 5.41) is 12.7. The van der Waals surface area contributed by atoms with Crippen LogP contribution in [0.15, 0.2) is 23.1 Å². The molecule has 118 valence electrons. The number of aliphatic hydroxyl groups is 1. The lowest BCUT2D eigenvalue weighted by molar-refractivity contribution is -0.119. The van der Waals surface area contributed by atoms with Gasteiger partial charge in [-0.25, -0.2) is 8.78 Å². The molecule has 1 atom stereocenters. The van der Waals surface area contributed by atoms with E-state index in [4.69, 9.17) is 0 Å². The molecule has 0 radical (unpaired) electrons. The Morgan fingerprint density at radius 3 is 2.62 bits per heavy atom. The average Bonchev–Trinajstić information content (AvgIpc) is 2.36. The Bertz CT molecular complexity index is 493. The Morgan fingerprint density at radius 2 is 2.05 bits per heavy atom. The standard InChI is InChI=1S/C15H21F2NO2S/c1-10(2)7-15(3,20)9-18-14(19)8-21-11-4-5-12(16)13(17)6-11/h4-6,10,20H,7-9H2,1-3H3,(H,18,19). The zero-order valence-electron chi connectivity index (χ0n) is 12.5. The summed E-state index contributed by atoms with van der Waals surface area (Å²) in [6.45, 7) is 5.84. The molecule has 0 aliphatic heterocycles. The van der Waals surface area contributed by atoms with E-state index < -0.39 is 17.2 Å². The first-order valence-corrected chi connectivity index (χ1v) is 7.75. The lowest BCUT2D eigenvalue weighted by Gasteiger charge is -2.25. The van der Waals surface area contributed by atoms with Crippen molar-refractivity contribution in [3.63, 3.8) is 0 Å². The van der Waals surface area contributed by atoms with Crippen LogP contribution in [-0.2, 0) is 4.79 Å². The number of carbonyl (C=O) groups excluding carboxylic acids is 1. The predicted octanol–water partition coefficient (Wildman–Crippen LogP) is 2.97. The van der Waals surface area contributed by atoms with Gasteiger partial charge < -0.3 is 10.4 Å². The van der Waals surface area contributed by atoms with Crippen LogP contribution in [0.4, 0.5) is 8.78 Å². The second kappa shape index (κ2) is 7.75. The van der Waals surface area contributed by atoms with Crippen LogP contribution in [0.2, 0.25) is 0 Å². The Labute approximate surface area is 128 Å². The maximum Gasteiger partial charge on any atom is 0.230 e. The second-order valence-electron chi connectivity index (χ2n) is 5.74. The van der Waals surface area contributed by atoms with Crippen molar-refractivity contribution in [2.24, 2.45) is 5.92 Å². The molecule has 1 unspecified atom stereocenters. The molecule has 1 aromatic carbocycles. The molecule has 0 aliphatic rings. The minimum absolute atomic E-state index is 0.0861. The van der Waals surface area contributed by atoms with Crippen molar-refractivity contribution < 1.29 is 18.7 Å². The fraction of sp³-hybridized carbons (Fsp3) is 0.533. The van der Waals surface area contributed by atoms with E-state index in [9.17, 15) is 18.7 Å². The van der Waals surface area contributed by atoms with Gasteiger partial charge in [0.1, 0.15) is 0 Å². The largest absolute Gasteiger partial charge is 0.388 e. The predicted molar refractivity (Wildman–Crippen MR) is 80.2 cm³/mol. The molecule has 1 amide bonds. The number of amides is 1. The van der Waals surface area contributed by atoms with Crippen molar-refractivity contribution in [1.29, 1.82) is 0 Å². The van der Waals surface area contributed by atoms with Crippen LogP contribution in [0.3, 0.4) is 0 Å². The van der Waals surface area contributed by atoms with E-state index in [-0.39, 0.29) is 18.2 Å². The molecule has 3 nitrogen and oxygen atoms in total. The van der Waals surface area contributed by atoms with Gasteiger partial charge in [0.05, 0.1) is 11.4 Å². The van der Waals surface area contributed by atoms with Gasteiger partial charge >= 0.3 is 0 Å². The number of nitrogens with one attached hydrogen (secondary N) is 1. The Morgan fingerprint density at radius 1 is 1.38 bits per heavy atom. The minimum atomic E-state index is -0.948. The van der Waals surface area contributed by atoms with Gasteiger partial charge in [0.25, 0.3) is 0 Å². The van der Waals surface area contributed by atoms with E-state index in [1.165, 1.54) is 6.07 Å². The minimum Gasteiger partial charge on any atom is -0.388 e. The van der Waals surface area contributed by atoms with Crippen LogP contribution in [0.5, 0.6) is 0 Å². The number of carbonyl (C=O) groups is 1. The lowest BCUT2D eigenvalue weighted by Crippen LogP contribution is -2.42. The van der Waals surface area contributed by atoms with Gasteiger partial charge in [0, 0.05) is 11.4 Å². The van der Waals surface area contributed by atoms with Crippen molar-refractivity contribution in [3.05, 3.63) is 29.8 Å². The summed E-state index contributed by atoms with van der Waals surface area (Å²) in [4.78, 5) is 12.2. The molecule has 1 rings (SSSR count). The first-order chi connectivity index (χ1) is 9.69. The monoisotopic (exact) mass is 317 g/mol. The van der Waals surface area contributed by atoms with Gasteiger partial charge in [-0.2, -0.15) is 0 Å². The van der Waals surface area contributed by atoms with Crippen molar-refractivity contribution in [2.45, 2.75) is 37.7 Å². The summed E-state index contributed by atoms with van der Waals surface area (Å²) in [5.74, 6) is -1.68. The molecule has 0 saturated carbocycles. The highest BCUT2D eigenvalue weighted by Gasteiger charge is 2.22. The molecular formula is C15H21F2NO2S. The van der Waals surface area contributed by atoms with Crippen molar-refractivity contribution in [2.75, 3.05) is 12.3 Å². The van der Waals surface area contributed by atoms with E-state index in [1.54, 1.807) is 6.92 Å². The summed E-state index contributed by atoms with van der Waals surface area (Å²) in [6.07, 6.45) is 0.587. The van der Waals surface area contributed by atoms with Gasteiger partial charge in [0.15, 0.2) is 11.6 Å². The van der Waals surface area contributed by atoms with Crippen LogP contribution in [0.25, 0.3) is 0 Å².